The van der Waals surface area contributed by atoms with E-state index in [1.807, 2.05) is 6.92 Å². The molecule has 14 heavy (non-hydrogen) atoms. The summed E-state index contributed by atoms with van der Waals surface area (Å²) in [6.07, 6.45) is 2.80. The van der Waals surface area contributed by atoms with Gasteiger partial charge >= 0.3 is 6.16 Å². The molecule has 1 fully saturated rings. The Morgan fingerprint density at radius 3 is 3.00 bits per heavy atom. The van der Waals surface area contributed by atoms with Gasteiger partial charge < -0.3 is 9.47 Å². The highest BCUT2D eigenvalue weighted by molar-refractivity contribution is 5.60. The second-order valence-electron chi connectivity index (χ2n) is 3.59. The maximum absolute atomic E-state index is 11.2. The van der Waals surface area contributed by atoms with Gasteiger partial charge in [0.2, 0.25) is 0 Å². The van der Waals surface area contributed by atoms with Crippen molar-refractivity contribution in [2.75, 3.05) is 6.54 Å². The van der Waals surface area contributed by atoms with Gasteiger partial charge in [0.15, 0.2) is 6.23 Å². The van der Waals surface area contributed by atoms with E-state index < -0.39 is 6.16 Å². The van der Waals surface area contributed by atoms with Gasteiger partial charge in [-0.3, -0.25) is 0 Å². The molecule has 1 radical (unpaired) electrons. The van der Waals surface area contributed by atoms with Crippen molar-refractivity contribution in [2.45, 2.75) is 51.9 Å². The summed E-state index contributed by atoms with van der Waals surface area (Å²) in [6.45, 7) is 4.72. The van der Waals surface area contributed by atoms with E-state index in [1.54, 1.807) is 0 Å². The summed E-state index contributed by atoms with van der Waals surface area (Å²) in [6, 6.07) is 0. The SMILES string of the molecule is CCCC(C)OC(=O)OC1CCC[N]1. The molecule has 1 heterocycles. The van der Waals surface area contributed by atoms with Crippen molar-refractivity contribution in [1.29, 1.82) is 0 Å². The first kappa shape index (κ1) is 11.3. The van der Waals surface area contributed by atoms with Crippen molar-refractivity contribution in [3.05, 3.63) is 0 Å². The first-order chi connectivity index (χ1) is 6.72. The van der Waals surface area contributed by atoms with E-state index in [1.165, 1.54) is 0 Å². The molecule has 0 aromatic carbocycles. The zero-order valence-electron chi connectivity index (χ0n) is 8.86. The smallest absolute Gasteiger partial charge is 0.431 e. The fourth-order valence-electron chi connectivity index (χ4n) is 1.46. The van der Waals surface area contributed by atoms with Crippen molar-refractivity contribution < 1.29 is 14.3 Å². The molecule has 0 spiro atoms. The van der Waals surface area contributed by atoms with Crippen LogP contribution in [0.3, 0.4) is 0 Å². The van der Waals surface area contributed by atoms with Gasteiger partial charge in [-0.25, -0.2) is 10.1 Å². The van der Waals surface area contributed by atoms with Crippen LogP contribution in [0.4, 0.5) is 4.79 Å². The predicted molar refractivity (Wildman–Crippen MR) is 52.0 cm³/mol. The summed E-state index contributed by atoms with van der Waals surface area (Å²) in [5.74, 6) is 0. The molecule has 0 bridgehead atoms. The lowest BCUT2D eigenvalue weighted by molar-refractivity contribution is -0.00381. The lowest BCUT2D eigenvalue weighted by Crippen LogP contribution is -2.25. The van der Waals surface area contributed by atoms with Crippen molar-refractivity contribution in [3.63, 3.8) is 0 Å². The van der Waals surface area contributed by atoms with Crippen LogP contribution in [0.15, 0.2) is 0 Å². The number of rotatable bonds is 4. The lowest BCUT2D eigenvalue weighted by Gasteiger charge is -2.14. The van der Waals surface area contributed by atoms with Crippen LogP contribution in [-0.2, 0) is 9.47 Å². The van der Waals surface area contributed by atoms with Crippen molar-refractivity contribution in [2.24, 2.45) is 0 Å². The second-order valence-corrected chi connectivity index (χ2v) is 3.59. The molecule has 1 rings (SSSR count). The molecule has 0 aliphatic carbocycles. The molecule has 0 aromatic rings. The Kier molecular flexibility index (Phi) is 4.73. The van der Waals surface area contributed by atoms with Crippen LogP contribution >= 0.6 is 0 Å². The molecule has 1 aliphatic heterocycles. The van der Waals surface area contributed by atoms with Crippen molar-refractivity contribution >= 4 is 6.16 Å². The topological polar surface area (TPSA) is 49.6 Å². The summed E-state index contributed by atoms with van der Waals surface area (Å²) in [5.41, 5.74) is 0. The van der Waals surface area contributed by atoms with Crippen LogP contribution in [0, 0.1) is 0 Å². The van der Waals surface area contributed by atoms with Gasteiger partial charge in [-0.2, -0.15) is 0 Å². The molecule has 0 N–H and O–H groups in total. The average Bonchev–Trinajstić information content (AvgIpc) is 2.56. The maximum Gasteiger partial charge on any atom is 0.510 e. The average molecular weight is 200 g/mol. The standard InChI is InChI=1S/C10H18NO3/c1-3-5-8(2)13-10(12)14-9-6-4-7-11-9/h8-9H,3-7H2,1-2H3. The summed E-state index contributed by atoms with van der Waals surface area (Å²) < 4.78 is 10.0. The number of ether oxygens (including phenoxy) is 2. The molecule has 1 aliphatic rings. The largest absolute Gasteiger partial charge is 0.510 e. The quantitative estimate of drug-likeness (QED) is 0.652. The van der Waals surface area contributed by atoms with Gasteiger partial charge in [-0.15, -0.1) is 0 Å². The van der Waals surface area contributed by atoms with E-state index in [0.717, 1.165) is 32.2 Å². The van der Waals surface area contributed by atoms with Crippen LogP contribution in [0.5, 0.6) is 0 Å². The minimum atomic E-state index is -0.582. The Morgan fingerprint density at radius 2 is 2.43 bits per heavy atom. The summed E-state index contributed by atoms with van der Waals surface area (Å²) in [5, 5.41) is 4.11. The zero-order chi connectivity index (χ0) is 10.4. The Bertz CT molecular complexity index is 178. The minimum Gasteiger partial charge on any atom is -0.431 e. The molecule has 0 amide bonds. The molecular weight excluding hydrogens is 182 g/mol. The summed E-state index contributed by atoms with van der Waals surface area (Å²) in [4.78, 5) is 11.2. The van der Waals surface area contributed by atoms with E-state index in [4.69, 9.17) is 9.47 Å². The minimum absolute atomic E-state index is 0.0612. The van der Waals surface area contributed by atoms with E-state index in [-0.39, 0.29) is 12.3 Å². The van der Waals surface area contributed by atoms with Crippen LogP contribution in [0.2, 0.25) is 0 Å². The van der Waals surface area contributed by atoms with Gasteiger partial charge in [0.25, 0.3) is 0 Å². The third-order valence-corrected chi connectivity index (χ3v) is 2.17. The van der Waals surface area contributed by atoms with Crippen molar-refractivity contribution in [3.8, 4) is 0 Å². The van der Waals surface area contributed by atoms with Gasteiger partial charge in [0.05, 0.1) is 0 Å². The van der Waals surface area contributed by atoms with Crippen molar-refractivity contribution in [1.82, 2.24) is 5.32 Å². The Morgan fingerprint density at radius 1 is 1.64 bits per heavy atom. The molecule has 4 nitrogen and oxygen atoms in total. The lowest BCUT2D eigenvalue weighted by atomic mass is 10.2. The highest BCUT2D eigenvalue weighted by Gasteiger charge is 2.21. The Balaban J connectivity index is 2.14. The van der Waals surface area contributed by atoms with E-state index in [2.05, 4.69) is 12.2 Å². The number of carbonyl (C=O) groups is 1. The van der Waals surface area contributed by atoms with Crippen LogP contribution in [-0.4, -0.2) is 25.0 Å². The predicted octanol–water partition coefficient (Wildman–Crippen LogP) is 2.05. The number of carbonyl (C=O) groups excluding carboxylic acids is 1. The van der Waals surface area contributed by atoms with Gasteiger partial charge in [0.1, 0.15) is 6.10 Å². The van der Waals surface area contributed by atoms with Gasteiger partial charge in [-0.05, 0) is 19.8 Å². The molecular formula is C10H18NO3. The highest BCUT2D eigenvalue weighted by atomic mass is 16.7. The fraction of sp³-hybridized carbons (Fsp3) is 0.900. The van der Waals surface area contributed by atoms with E-state index in [9.17, 15) is 4.79 Å². The third-order valence-electron chi connectivity index (χ3n) is 2.17. The molecule has 2 unspecified atom stereocenters. The molecule has 0 aromatic heterocycles. The molecule has 81 valence electrons. The third kappa shape index (κ3) is 3.96. The Labute approximate surface area is 85.0 Å². The summed E-state index contributed by atoms with van der Waals surface area (Å²) >= 11 is 0. The summed E-state index contributed by atoms with van der Waals surface area (Å²) in [7, 11) is 0. The highest BCUT2D eigenvalue weighted by Crippen LogP contribution is 2.10. The van der Waals surface area contributed by atoms with Crippen LogP contribution in [0.25, 0.3) is 0 Å². The van der Waals surface area contributed by atoms with Crippen LogP contribution < -0.4 is 5.32 Å². The van der Waals surface area contributed by atoms with Gasteiger partial charge in [-0.1, -0.05) is 13.3 Å². The number of hydrogen-bond donors (Lipinski definition) is 0. The zero-order valence-corrected chi connectivity index (χ0v) is 8.86. The number of hydrogen-bond acceptors (Lipinski definition) is 3. The maximum atomic E-state index is 11.2. The number of nitrogens with zero attached hydrogens (tertiary/aromatic N) is 1. The Hall–Kier alpha value is -0.770. The monoisotopic (exact) mass is 200 g/mol. The molecule has 1 saturated heterocycles. The van der Waals surface area contributed by atoms with E-state index >= 15 is 0 Å². The van der Waals surface area contributed by atoms with Gasteiger partial charge in [0, 0.05) is 13.0 Å². The molecule has 2 atom stereocenters. The second kappa shape index (κ2) is 5.86. The molecule has 4 heteroatoms. The first-order valence-electron chi connectivity index (χ1n) is 5.26. The first-order valence-corrected chi connectivity index (χ1v) is 5.26. The van der Waals surface area contributed by atoms with E-state index in [0.29, 0.717) is 0 Å². The fourth-order valence-corrected chi connectivity index (χ4v) is 1.46. The normalized spacial score (nSPS) is 23.1. The van der Waals surface area contributed by atoms with Crippen LogP contribution in [0.1, 0.15) is 39.5 Å². The molecule has 0 saturated carbocycles.